The highest BCUT2D eigenvalue weighted by molar-refractivity contribution is 6.29. The van der Waals surface area contributed by atoms with Gasteiger partial charge in [0.05, 0.1) is 13.7 Å². The first-order valence-corrected chi connectivity index (χ1v) is 4.59. The summed E-state index contributed by atoms with van der Waals surface area (Å²) >= 11 is 5.76. The van der Waals surface area contributed by atoms with Crippen molar-refractivity contribution in [2.24, 2.45) is 4.99 Å². The number of hydrogen-bond donors (Lipinski definition) is 0. The predicted octanol–water partition coefficient (Wildman–Crippen LogP) is 2.21. The maximum atomic E-state index is 5.76. The molecule has 0 aromatic carbocycles. The summed E-state index contributed by atoms with van der Waals surface area (Å²) in [5.41, 5.74) is 1.96. The van der Waals surface area contributed by atoms with Crippen LogP contribution in [0.15, 0.2) is 23.3 Å². The van der Waals surface area contributed by atoms with Gasteiger partial charge in [0.2, 0.25) is 0 Å². The van der Waals surface area contributed by atoms with Gasteiger partial charge >= 0.3 is 0 Å². The second-order valence-electron chi connectivity index (χ2n) is 2.86. The minimum atomic E-state index is 0.432. The predicted molar refractivity (Wildman–Crippen MR) is 57.1 cm³/mol. The number of ether oxygens (including phenoxy) is 1. The summed E-state index contributed by atoms with van der Waals surface area (Å²) in [6, 6.07) is 1.70. The zero-order valence-corrected chi connectivity index (χ0v) is 8.45. The Morgan fingerprint density at radius 1 is 1.50 bits per heavy atom. The van der Waals surface area contributed by atoms with Crippen molar-refractivity contribution in [3.63, 3.8) is 0 Å². The lowest BCUT2D eigenvalue weighted by Crippen LogP contribution is -1.93. The molecule has 0 aliphatic carbocycles. The molecule has 0 saturated carbocycles. The lowest BCUT2D eigenvalue weighted by atomic mass is 10.1. The third-order valence-electron chi connectivity index (χ3n) is 2.01. The minimum absolute atomic E-state index is 0.432. The summed E-state index contributed by atoms with van der Waals surface area (Å²) in [6.45, 7) is 0.723. The second kappa shape index (κ2) is 3.80. The molecule has 1 aromatic heterocycles. The third kappa shape index (κ3) is 1.63. The van der Waals surface area contributed by atoms with Crippen LogP contribution in [-0.2, 0) is 0 Å². The maximum absolute atomic E-state index is 5.76. The first-order valence-electron chi connectivity index (χ1n) is 4.21. The van der Waals surface area contributed by atoms with Gasteiger partial charge in [-0.2, -0.15) is 0 Å². The SMILES string of the molecule is COc1cc(Cl)ncc1C1=CCN=C1. The Kier molecular flexibility index (Phi) is 2.50. The zero-order chi connectivity index (χ0) is 9.97. The number of aliphatic imine (C=N–C) groups is 1. The van der Waals surface area contributed by atoms with Crippen molar-refractivity contribution in [1.82, 2.24) is 4.98 Å². The lowest BCUT2D eigenvalue weighted by molar-refractivity contribution is 0.413. The van der Waals surface area contributed by atoms with E-state index in [1.807, 2.05) is 12.3 Å². The molecule has 4 heteroatoms. The Morgan fingerprint density at radius 2 is 2.36 bits per heavy atom. The highest BCUT2D eigenvalue weighted by atomic mass is 35.5. The number of hydrogen-bond acceptors (Lipinski definition) is 3. The summed E-state index contributed by atoms with van der Waals surface area (Å²) in [5, 5.41) is 0.432. The molecule has 1 aliphatic heterocycles. The van der Waals surface area contributed by atoms with Crippen molar-refractivity contribution in [3.05, 3.63) is 29.1 Å². The molecule has 0 bridgehead atoms. The number of pyridine rings is 1. The van der Waals surface area contributed by atoms with Crippen molar-refractivity contribution < 1.29 is 4.74 Å². The molecule has 0 amide bonds. The molecule has 2 rings (SSSR count). The molecule has 72 valence electrons. The fraction of sp³-hybridized carbons (Fsp3) is 0.200. The number of allylic oxidation sites excluding steroid dienone is 1. The van der Waals surface area contributed by atoms with E-state index in [0.29, 0.717) is 5.15 Å². The van der Waals surface area contributed by atoms with E-state index in [1.165, 1.54) is 0 Å². The van der Waals surface area contributed by atoms with E-state index in [2.05, 4.69) is 9.98 Å². The second-order valence-corrected chi connectivity index (χ2v) is 3.25. The van der Waals surface area contributed by atoms with Crippen LogP contribution in [0.2, 0.25) is 5.15 Å². The van der Waals surface area contributed by atoms with Crippen LogP contribution in [0.3, 0.4) is 0 Å². The highest BCUT2D eigenvalue weighted by Crippen LogP contribution is 2.27. The van der Waals surface area contributed by atoms with Crippen LogP contribution in [0, 0.1) is 0 Å². The molecule has 0 unspecified atom stereocenters. The average Bonchev–Trinajstić information content (AvgIpc) is 2.70. The van der Waals surface area contributed by atoms with Crippen LogP contribution in [-0.4, -0.2) is 24.9 Å². The van der Waals surface area contributed by atoms with E-state index in [9.17, 15) is 0 Å². The van der Waals surface area contributed by atoms with Crippen molar-refractivity contribution in [2.45, 2.75) is 0 Å². The summed E-state index contributed by atoms with van der Waals surface area (Å²) < 4.78 is 5.21. The smallest absolute Gasteiger partial charge is 0.132 e. The van der Waals surface area contributed by atoms with Crippen molar-refractivity contribution in [2.75, 3.05) is 13.7 Å². The van der Waals surface area contributed by atoms with E-state index in [0.717, 1.165) is 23.4 Å². The monoisotopic (exact) mass is 208 g/mol. The van der Waals surface area contributed by atoms with Gasteiger partial charge < -0.3 is 4.74 Å². The van der Waals surface area contributed by atoms with E-state index >= 15 is 0 Å². The molecule has 0 fully saturated rings. The Bertz CT molecular complexity index is 413. The van der Waals surface area contributed by atoms with E-state index in [4.69, 9.17) is 16.3 Å². The van der Waals surface area contributed by atoms with Gasteiger partial charge in [-0.05, 0) is 0 Å². The molecule has 14 heavy (non-hydrogen) atoms. The van der Waals surface area contributed by atoms with E-state index in [1.54, 1.807) is 19.4 Å². The van der Waals surface area contributed by atoms with Gasteiger partial charge in [0.15, 0.2) is 0 Å². The quantitative estimate of drug-likeness (QED) is 0.699. The number of rotatable bonds is 2. The molecule has 0 atom stereocenters. The molecule has 0 radical (unpaired) electrons. The van der Waals surface area contributed by atoms with Gasteiger partial charge in [-0.1, -0.05) is 17.7 Å². The Hall–Kier alpha value is -1.35. The molecule has 0 saturated heterocycles. The fourth-order valence-corrected chi connectivity index (χ4v) is 1.48. The van der Waals surface area contributed by atoms with E-state index in [-0.39, 0.29) is 0 Å². The van der Waals surface area contributed by atoms with Gasteiger partial charge in [0, 0.05) is 29.6 Å². The van der Waals surface area contributed by atoms with E-state index < -0.39 is 0 Å². The largest absolute Gasteiger partial charge is 0.496 e. The summed E-state index contributed by atoms with van der Waals surface area (Å²) in [4.78, 5) is 8.12. The van der Waals surface area contributed by atoms with Crippen molar-refractivity contribution in [1.29, 1.82) is 0 Å². The molecule has 3 nitrogen and oxygen atoms in total. The Labute approximate surface area is 87.1 Å². The molecule has 0 spiro atoms. The highest BCUT2D eigenvalue weighted by Gasteiger charge is 2.10. The summed E-state index contributed by atoms with van der Waals surface area (Å²) in [6.07, 6.45) is 5.53. The first-order chi connectivity index (χ1) is 6.81. The summed E-state index contributed by atoms with van der Waals surface area (Å²) in [5.74, 6) is 0.726. The Morgan fingerprint density at radius 3 is 3.00 bits per heavy atom. The van der Waals surface area contributed by atoms with Crippen LogP contribution in [0.25, 0.3) is 5.57 Å². The minimum Gasteiger partial charge on any atom is -0.496 e. The van der Waals surface area contributed by atoms with Crippen molar-refractivity contribution in [3.8, 4) is 5.75 Å². The number of halogens is 1. The molecular formula is C10H9ClN2O. The van der Waals surface area contributed by atoms with Gasteiger partial charge in [0.25, 0.3) is 0 Å². The topological polar surface area (TPSA) is 34.5 Å². The van der Waals surface area contributed by atoms with Gasteiger partial charge in [-0.3, -0.25) is 4.99 Å². The molecule has 2 heterocycles. The molecular weight excluding hydrogens is 200 g/mol. The van der Waals surface area contributed by atoms with Crippen LogP contribution >= 0.6 is 11.6 Å². The number of aromatic nitrogens is 1. The van der Waals surface area contributed by atoms with Crippen LogP contribution in [0.4, 0.5) is 0 Å². The Balaban J connectivity index is 2.46. The zero-order valence-electron chi connectivity index (χ0n) is 7.70. The summed E-state index contributed by atoms with van der Waals surface area (Å²) in [7, 11) is 1.61. The van der Waals surface area contributed by atoms with Crippen molar-refractivity contribution >= 4 is 23.4 Å². The van der Waals surface area contributed by atoms with Gasteiger partial charge in [-0.25, -0.2) is 4.98 Å². The standard InChI is InChI=1S/C10H9ClN2O/c1-14-9-4-10(11)13-6-8(9)7-2-3-12-5-7/h2,4-6H,3H2,1H3. The lowest BCUT2D eigenvalue weighted by Gasteiger charge is -2.06. The fourth-order valence-electron chi connectivity index (χ4n) is 1.33. The maximum Gasteiger partial charge on any atom is 0.132 e. The van der Waals surface area contributed by atoms with Crippen LogP contribution in [0.1, 0.15) is 5.56 Å². The first kappa shape index (κ1) is 9.21. The molecule has 1 aliphatic rings. The number of nitrogens with zero attached hydrogens (tertiary/aromatic N) is 2. The molecule has 0 N–H and O–H groups in total. The normalized spacial score (nSPS) is 14.3. The van der Waals surface area contributed by atoms with Crippen LogP contribution < -0.4 is 4.74 Å². The number of methoxy groups -OCH3 is 1. The van der Waals surface area contributed by atoms with Gasteiger partial charge in [0.1, 0.15) is 10.9 Å². The van der Waals surface area contributed by atoms with Crippen LogP contribution in [0.5, 0.6) is 5.75 Å². The third-order valence-corrected chi connectivity index (χ3v) is 2.22. The molecule has 1 aromatic rings. The average molecular weight is 209 g/mol. The van der Waals surface area contributed by atoms with Gasteiger partial charge in [-0.15, -0.1) is 0 Å².